The Morgan fingerprint density at radius 2 is 1.73 bits per heavy atom. The monoisotopic (exact) mass is 424 g/mol. The van der Waals surface area contributed by atoms with Crippen LogP contribution in [-0.2, 0) is 9.59 Å². The van der Waals surface area contributed by atoms with Crippen molar-refractivity contribution in [3.05, 3.63) is 42.5 Å². The third kappa shape index (κ3) is 4.94. The van der Waals surface area contributed by atoms with Crippen molar-refractivity contribution >= 4 is 23.2 Å². The highest BCUT2D eigenvalue weighted by Gasteiger charge is 2.38. The summed E-state index contributed by atoms with van der Waals surface area (Å²) in [5, 5.41) is 2.66. The van der Waals surface area contributed by atoms with Gasteiger partial charge in [0.25, 0.3) is 0 Å². The third-order valence-electron chi connectivity index (χ3n) is 4.50. The molecule has 0 aromatic heterocycles. The zero-order valence-corrected chi connectivity index (χ0v) is 16.2. The lowest BCUT2D eigenvalue weighted by molar-refractivity contribution is -0.274. The molecule has 1 atom stereocenters. The number of hydrogen-bond acceptors (Lipinski definition) is 5. The maximum atomic E-state index is 12.7. The molecule has 7 nitrogen and oxygen atoms in total. The van der Waals surface area contributed by atoms with E-state index in [2.05, 4.69) is 10.1 Å². The van der Waals surface area contributed by atoms with Crippen LogP contribution < -0.4 is 24.4 Å². The van der Waals surface area contributed by atoms with Gasteiger partial charge in [0.05, 0.1) is 14.2 Å². The van der Waals surface area contributed by atoms with Gasteiger partial charge in [-0.2, -0.15) is 0 Å². The van der Waals surface area contributed by atoms with Crippen molar-refractivity contribution in [2.75, 3.05) is 31.0 Å². The zero-order valence-electron chi connectivity index (χ0n) is 16.2. The molecule has 1 aliphatic heterocycles. The number of anilines is 2. The first-order valence-corrected chi connectivity index (χ1v) is 8.91. The van der Waals surface area contributed by atoms with Crippen LogP contribution in [0.1, 0.15) is 6.42 Å². The molecule has 0 bridgehead atoms. The first kappa shape index (κ1) is 21.3. The SMILES string of the molecule is COc1cc(NC(=O)C2CCN(c3cccc(OC(F)(F)F)c3)C2=O)cc(OC)c1. The minimum Gasteiger partial charge on any atom is -0.497 e. The minimum absolute atomic E-state index is 0.188. The Bertz CT molecular complexity index is 926. The number of hydrogen-bond donors (Lipinski definition) is 1. The number of benzene rings is 2. The number of carbonyl (C=O) groups excluding carboxylic acids is 2. The van der Waals surface area contributed by atoms with Crippen LogP contribution in [0.2, 0.25) is 0 Å². The molecule has 2 aromatic rings. The molecule has 160 valence electrons. The number of amides is 2. The molecule has 1 N–H and O–H groups in total. The smallest absolute Gasteiger partial charge is 0.497 e. The number of nitrogens with zero attached hydrogens (tertiary/aromatic N) is 1. The van der Waals surface area contributed by atoms with E-state index in [-0.39, 0.29) is 18.7 Å². The summed E-state index contributed by atoms with van der Waals surface area (Å²) in [5.41, 5.74) is 0.614. The van der Waals surface area contributed by atoms with E-state index >= 15 is 0 Å². The summed E-state index contributed by atoms with van der Waals surface area (Å²) < 4.78 is 51.5. The second-order valence-electron chi connectivity index (χ2n) is 6.47. The first-order valence-electron chi connectivity index (χ1n) is 8.91. The van der Waals surface area contributed by atoms with Crippen LogP contribution >= 0.6 is 0 Å². The van der Waals surface area contributed by atoms with Gasteiger partial charge in [0, 0.05) is 42.2 Å². The van der Waals surface area contributed by atoms with Crippen LogP contribution in [-0.4, -0.2) is 38.9 Å². The molecule has 3 rings (SSSR count). The molecule has 2 amide bonds. The van der Waals surface area contributed by atoms with Gasteiger partial charge in [0.15, 0.2) is 0 Å². The number of alkyl halides is 3. The van der Waals surface area contributed by atoms with Crippen LogP contribution in [0.3, 0.4) is 0 Å². The Hall–Kier alpha value is -3.43. The molecule has 1 aliphatic rings. The highest BCUT2D eigenvalue weighted by atomic mass is 19.4. The maximum Gasteiger partial charge on any atom is 0.573 e. The number of carbonyl (C=O) groups is 2. The molecule has 1 saturated heterocycles. The second kappa shape index (κ2) is 8.52. The fraction of sp³-hybridized carbons (Fsp3) is 0.300. The lowest BCUT2D eigenvalue weighted by Crippen LogP contribution is -2.33. The van der Waals surface area contributed by atoms with E-state index in [1.165, 1.54) is 31.3 Å². The average Bonchev–Trinajstić information content (AvgIpc) is 3.08. The number of halogens is 3. The Morgan fingerprint density at radius 1 is 1.07 bits per heavy atom. The van der Waals surface area contributed by atoms with Crippen LogP contribution in [0.4, 0.5) is 24.5 Å². The number of nitrogens with one attached hydrogen (secondary N) is 1. The molecule has 2 aromatic carbocycles. The largest absolute Gasteiger partial charge is 0.573 e. The quantitative estimate of drug-likeness (QED) is 0.718. The number of methoxy groups -OCH3 is 2. The Labute approximate surface area is 170 Å². The topological polar surface area (TPSA) is 77.1 Å². The predicted molar refractivity (Wildman–Crippen MR) is 102 cm³/mol. The van der Waals surface area contributed by atoms with E-state index < -0.39 is 29.8 Å². The van der Waals surface area contributed by atoms with Crippen molar-refractivity contribution in [1.29, 1.82) is 0 Å². The van der Waals surface area contributed by atoms with Crippen molar-refractivity contribution in [2.45, 2.75) is 12.8 Å². The van der Waals surface area contributed by atoms with Crippen molar-refractivity contribution in [1.82, 2.24) is 0 Å². The van der Waals surface area contributed by atoms with Gasteiger partial charge >= 0.3 is 6.36 Å². The summed E-state index contributed by atoms with van der Waals surface area (Å²) in [7, 11) is 2.94. The molecular formula is C20H19F3N2O5. The maximum absolute atomic E-state index is 12.7. The van der Waals surface area contributed by atoms with Gasteiger partial charge in [-0.25, -0.2) is 0 Å². The highest BCUT2D eigenvalue weighted by Crippen LogP contribution is 2.32. The summed E-state index contributed by atoms with van der Waals surface area (Å²) in [6.07, 6.45) is -4.62. The first-order chi connectivity index (χ1) is 14.2. The van der Waals surface area contributed by atoms with E-state index in [1.807, 2.05) is 0 Å². The van der Waals surface area contributed by atoms with Crippen LogP contribution in [0.25, 0.3) is 0 Å². The van der Waals surface area contributed by atoms with E-state index in [0.29, 0.717) is 17.2 Å². The average molecular weight is 424 g/mol. The highest BCUT2D eigenvalue weighted by molar-refractivity contribution is 6.13. The lowest BCUT2D eigenvalue weighted by Gasteiger charge is -2.18. The molecule has 0 spiro atoms. The summed E-state index contributed by atoms with van der Waals surface area (Å²) in [6.45, 7) is 0.188. The molecule has 0 saturated carbocycles. The van der Waals surface area contributed by atoms with Gasteiger partial charge in [0.2, 0.25) is 11.8 Å². The van der Waals surface area contributed by atoms with Gasteiger partial charge in [-0.1, -0.05) is 6.07 Å². The summed E-state index contributed by atoms with van der Waals surface area (Å²) in [4.78, 5) is 26.6. The van der Waals surface area contributed by atoms with Crippen LogP contribution in [0.5, 0.6) is 17.2 Å². The van der Waals surface area contributed by atoms with Crippen molar-refractivity contribution in [3.63, 3.8) is 0 Å². The molecule has 1 unspecified atom stereocenters. The van der Waals surface area contributed by atoms with Crippen LogP contribution in [0, 0.1) is 5.92 Å². The Kier molecular flexibility index (Phi) is 6.04. The number of ether oxygens (including phenoxy) is 3. The van der Waals surface area contributed by atoms with Gasteiger partial charge < -0.3 is 24.4 Å². The lowest BCUT2D eigenvalue weighted by atomic mass is 10.1. The molecule has 30 heavy (non-hydrogen) atoms. The fourth-order valence-corrected chi connectivity index (χ4v) is 3.14. The Balaban J connectivity index is 1.72. The van der Waals surface area contributed by atoms with Crippen molar-refractivity contribution in [2.24, 2.45) is 5.92 Å². The molecule has 0 aliphatic carbocycles. The van der Waals surface area contributed by atoms with Gasteiger partial charge in [-0.05, 0) is 18.6 Å². The van der Waals surface area contributed by atoms with E-state index in [0.717, 1.165) is 12.1 Å². The number of rotatable bonds is 6. The van der Waals surface area contributed by atoms with Gasteiger partial charge in [0.1, 0.15) is 23.2 Å². The molecule has 1 fully saturated rings. The fourth-order valence-electron chi connectivity index (χ4n) is 3.14. The van der Waals surface area contributed by atoms with Crippen molar-refractivity contribution < 1.29 is 37.0 Å². The molecule has 0 radical (unpaired) electrons. The standard InChI is InChI=1S/C20H19F3N2O5/c1-28-15-8-12(9-16(11-15)29-2)24-18(26)17-6-7-25(19(17)27)13-4-3-5-14(10-13)30-20(21,22)23/h3-5,8-11,17H,6-7H2,1-2H3,(H,24,26). The third-order valence-corrected chi connectivity index (χ3v) is 4.50. The van der Waals surface area contributed by atoms with E-state index in [4.69, 9.17) is 9.47 Å². The molecule has 10 heteroatoms. The van der Waals surface area contributed by atoms with E-state index in [9.17, 15) is 22.8 Å². The van der Waals surface area contributed by atoms with Gasteiger partial charge in [-0.15, -0.1) is 13.2 Å². The molecule has 1 heterocycles. The zero-order chi connectivity index (χ0) is 21.9. The van der Waals surface area contributed by atoms with E-state index in [1.54, 1.807) is 18.2 Å². The summed E-state index contributed by atoms with van der Waals surface area (Å²) in [5.74, 6) is -1.53. The van der Waals surface area contributed by atoms with Crippen LogP contribution in [0.15, 0.2) is 42.5 Å². The predicted octanol–water partition coefficient (Wildman–Crippen LogP) is 3.59. The summed E-state index contributed by atoms with van der Waals surface area (Å²) >= 11 is 0. The summed E-state index contributed by atoms with van der Waals surface area (Å²) in [6, 6.07) is 9.86. The van der Waals surface area contributed by atoms with Gasteiger partial charge in [-0.3, -0.25) is 9.59 Å². The Morgan fingerprint density at radius 3 is 2.33 bits per heavy atom. The van der Waals surface area contributed by atoms with Crippen molar-refractivity contribution in [3.8, 4) is 17.2 Å². The second-order valence-corrected chi connectivity index (χ2v) is 6.47. The minimum atomic E-state index is -4.84. The molecular weight excluding hydrogens is 405 g/mol. The normalized spacial score (nSPS) is 16.4.